The Hall–Kier alpha value is -1.60. The number of para-hydroxylation sites is 1. The van der Waals surface area contributed by atoms with Crippen LogP contribution in [0, 0.1) is 0 Å². The molecule has 1 aromatic rings. The normalized spacial score (nSPS) is 19.6. The zero-order chi connectivity index (χ0) is 15.5. The van der Waals surface area contributed by atoms with Gasteiger partial charge in [-0.05, 0) is 25.5 Å². The van der Waals surface area contributed by atoms with E-state index in [-0.39, 0.29) is 16.8 Å². The van der Waals surface area contributed by atoms with E-state index in [1.54, 1.807) is 36.2 Å². The minimum absolute atomic E-state index is 0.0542. The maximum Gasteiger partial charge on any atom is 0.242 e. The largest absolute Gasteiger partial charge is 0.384 e. The molecule has 0 radical (unpaired) electrons. The zero-order valence-corrected chi connectivity index (χ0v) is 13.1. The second-order valence-electron chi connectivity index (χ2n) is 5.16. The van der Waals surface area contributed by atoms with Crippen LogP contribution in [0.4, 0.5) is 5.69 Å². The molecule has 0 aromatic heterocycles. The third-order valence-corrected chi connectivity index (χ3v) is 5.07. The summed E-state index contributed by atoms with van der Waals surface area (Å²) in [5, 5.41) is 3.05. The smallest absolute Gasteiger partial charge is 0.242 e. The van der Waals surface area contributed by atoms with Crippen molar-refractivity contribution in [3.8, 4) is 0 Å². The van der Waals surface area contributed by atoms with Gasteiger partial charge in [-0.1, -0.05) is 12.1 Å². The Labute approximate surface area is 125 Å². The highest BCUT2D eigenvalue weighted by molar-refractivity contribution is 7.89. The summed E-state index contributed by atoms with van der Waals surface area (Å²) >= 11 is 0. The summed E-state index contributed by atoms with van der Waals surface area (Å²) in [6, 6.07) is 6.58. The van der Waals surface area contributed by atoms with Gasteiger partial charge in [-0.3, -0.25) is 4.79 Å². The van der Waals surface area contributed by atoms with Gasteiger partial charge in [-0.15, -0.1) is 0 Å². The molecule has 1 aliphatic heterocycles. The minimum Gasteiger partial charge on any atom is -0.384 e. The monoisotopic (exact) mass is 311 g/mol. The van der Waals surface area contributed by atoms with Crippen molar-refractivity contribution in [3.63, 3.8) is 0 Å². The van der Waals surface area contributed by atoms with Crippen molar-refractivity contribution in [1.82, 2.24) is 9.62 Å². The van der Waals surface area contributed by atoms with Crippen LogP contribution in [0.3, 0.4) is 0 Å². The van der Waals surface area contributed by atoms with Gasteiger partial charge < -0.3 is 10.2 Å². The predicted octanol–water partition coefficient (Wildman–Crippen LogP) is 1.02. The molecule has 1 aromatic carbocycles. The van der Waals surface area contributed by atoms with Crippen molar-refractivity contribution in [2.75, 3.05) is 25.5 Å². The average molecular weight is 311 g/mol. The standard InChI is InChI=1S/C14H21N3O3S/c1-3-15-12-6-4-5-7-13(12)21(19,20)16-11-8-9-14(18)17(2)10-11/h4-7,11,15-16H,3,8-10H2,1-2H3. The van der Waals surface area contributed by atoms with E-state index in [1.807, 2.05) is 6.92 Å². The summed E-state index contributed by atoms with van der Waals surface area (Å²) < 4.78 is 27.8. The van der Waals surface area contributed by atoms with Crippen LogP contribution >= 0.6 is 0 Å². The van der Waals surface area contributed by atoms with Crippen LogP contribution in [0.2, 0.25) is 0 Å². The van der Waals surface area contributed by atoms with Gasteiger partial charge in [0.15, 0.2) is 0 Å². The van der Waals surface area contributed by atoms with Crippen molar-refractivity contribution < 1.29 is 13.2 Å². The molecule has 1 heterocycles. The van der Waals surface area contributed by atoms with Gasteiger partial charge in [0.25, 0.3) is 0 Å². The second kappa shape index (κ2) is 6.44. The van der Waals surface area contributed by atoms with E-state index in [9.17, 15) is 13.2 Å². The molecular formula is C14H21N3O3S. The van der Waals surface area contributed by atoms with E-state index in [2.05, 4.69) is 10.0 Å². The number of carbonyl (C=O) groups is 1. The fourth-order valence-corrected chi connectivity index (χ4v) is 3.87. The Balaban J connectivity index is 2.17. The highest BCUT2D eigenvalue weighted by Crippen LogP contribution is 2.22. The molecule has 116 valence electrons. The number of likely N-dealkylation sites (N-methyl/N-ethyl adjacent to an activating group) is 1. The number of nitrogens with zero attached hydrogens (tertiary/aromatic N) is 1. The van der Waals surface area contributed by atoms with Gasteiger partial charge in [-0.25, -0.2) is 13.1 Å². The number of hydrogen-bond acceptors (Lipinski definition) is 4. The first-order valence-electron chi connectivity index (χ1n) is 7.03. The first kappa shape index (κ1) is 15.8. The molecule has 2 N–H and O–H groups in total. The highest BCUT2D eigenvalue weighted by Gasteiger charge is 2.28. The summed E-state index contributed by atoms with van der Waals surface area (Å²) in [6.45, 7) is 2.97. The van der Waals surface area contributed by atoms with Crippen molar-refractivity contribution in [3.05, 3.63) is 24.3 Å². The topological polar surface area (TPSA) is 78.5 Å². The van der Waals surface area contributed by atoms with Gasteiger partial charge in [0.05, 0.1) is 5.69 Å². The molecule has 1 saturated heterocycles. The van der Waals surface area contributed by atoms with E-state index in [0.29, 0.717) is 31.6 Å². The number of likely N-dealkylation sites (tertiary alicyclic amines) is 1. The molecule has 0 aliphatic carbocycles. The lowest BCUT2D eigenvalue weighted by molar-refractivity contribution is -0.132. The van der Waals surface area contributed by atoms with Crippen LogP contribution in [-0.2, 0) is 14.8 Å². The lowest BCUT2D eigenvalue weighted by Crippen LogP contribution is -2.48. The third kappa shape index (κ3) is 3.74. The number of rotatable bonds is 5. The first-order chi connectivity index (χ1) is 9.94. The Kier molecular flexibility index (Phi) is 4.84. The fraction of sp³-hybridized carbons (Fsp3) is 0.500. The summed E-state index contributed by atoms with van der Waals surface area (Å²) in [5.41, 5.74) is 0.591. The fourth-order valence-electron chi connectivity index (χ4n) is 2.43. The van der Waals surface area contributed by atoms with Gasteiger partial charge in [0, 0.05) is 32.6 Å². The van der Waals surface area contributed by atoms with E-state index in [1.165, 1.54) is 0 Å². The Bertz CT molecular complexity index is 616. The van der Waals surface area contributed by atoms with Crippen molar-refractivity contribution >= 4 is 21.6 Å². The van der Waals surface area contributed by atoms with E-state index >= 15 is 0 Å². The molecular weight excluding hydrogens is 290 g/mol. The average Bonchev–Trinajstić information content (AvgIpc) is 2.43. The Morgan fingerprint density at radius 2 is 2.05 bits per heavy atom. The SMILES string of the molecule is CCNc1ccccc1S(=O)(=O)NC1CCC(=O)N(C)C1. The van der Waals surface area contributed by atoms with Gasteiger partial charge >= 0.3 is 0 Å². The minimum atomic E-state index is -3.60. The van der Waals surface area contributed by atoms with Gasteiger partial charge in [0.2, 0.25) is 15.9 Å². The summed E-state index contributed by atoms with van der Waals surface area (Å²) in [4.78, 5) is 13.3. The Morgan fingerprint density at radius 1 is 1.33 bits per heavy atom. The zero-order valence-electron chi connectivity index (χ0n) is 12.3. The van der Waals surface area contributed by atoms with Crippen LogP contribution in [0.15, 0.2) is 29.2 Å². The molecule has 1 fully saturated rings. The van der Waals surface area contributed by atoms with Crippen molar-refractivity contribution in [2.24, 2.45) is 0 Å². The number of benzene rings is 1. The molecule has 1 amide bonds. The van der Waals surface area contributed by atoms with Crippen molar-refractivity contribution in [2.45, 2.75) is 30.7 Å². The number of piperidine rings is 1. The van der Waals surface area contributed by atoms with Crippen LogP contribution in [0.1, 0.15) is 19.8 Å². The molecule has 0 spiro atoms. The lowest BCUT2D eigenvalue weighted by atomic mass is 10.1. The van der Waals surface area contributed by atoms with E-state index in [0.717, 1.165) is 0 Å². The summed E-state index contributed by atoms with van der Waals surface area (Å²) in [5.74, 6) is 0.0542. The lowest BCUT2D eigenvalue weighted by Gasteiger charge is -2.30. The Morgan fingerprint density at radius 3 is 2.71 bits per heavy atom. The first-order valence-corrected chi connectivity index (χ1v) is 8.51. The predicted molar refractivity (Wildman–Crippen MR) is 81.6 cm³/mol. The summed E-state index contributed by atoms with van der Waals surface area (Å²) in [7, 11) is -1.91. The van der Waals surface area contributed by atoms with Gasteiger partial charge in [-0.2, -0.15) is 0 Å². The highest BCUT2D eigenvalue weighted by atomic mass is 32.2. The molecule has 6 nitrogen and oxygen atoms in total. The molecule has 1 unspecified atom stereocenters. The molecule has 7 heteroatoms. The number of anilines is 1. The third-order valence-electron chi connectivity index (χ3n) is 3.49. The maximum atomic E-state index is 12.5. The molecule has 0 bridgehead atoms. The van der Waals surface area contributed by atoms with Crippen LogP contribution < -0.4 is 10.0 Å². The van der Waals surface area contributed by atoms with E-state index < -0.39 is 10.0 Å². The molecule has 21 heavy (non-hydrogen) atoms. The molecule has 1 atom stereocenters. The molecule has 2 rings (SSSR count). The van der Waals surface area contributed by atoms with Crippen LogP contribution in [0.25, 0.3) is 0 Å². The van der Waals surface area contributed by atoms with Crippen LogP contribution in [-0.4, -0.2) is 45.4 Å². The maximum absolute atomic E-state index is 12.5. The molecule has 1 aliphatic rings. The van der Waals surface area contributed by atoms with Crippen LogP contribution in [0.5, 0.6) is 0 Å². The number of hydrogen-bond donors (Lipinski definition) is 2. The quantitative estimate of drug-likeness (QED) is 0.851. The number of carbonyl (C=O) groups excluding carboxylic acids is 1. The second-order valence-corrected chi connectivity index (χ2v) is 6.84. The number of amides is 1. The van der Waals surface area contributed by atoms with Crippen molar-refractivity contribution in [1.29, 1.82) is 0 Å². The van der Waals surface area contributed by atoms with Gasteiger partial charge in [0.1, 0.15) is 4.90 Å². The summed E-state index contributed by atoms with van der Waals surface area (Å²) in [6.07, 6.45) is 0.907. The van der Waals surface area contributed by atoms with E-state index in [4.69, 9.17) is 0 Å². The number of nitrogens with one attached hydrogen (secondary N) is 2. The molecule has 0 saturated carbocycles. The number of sulfonamides is 1.